The minimum atomic E-state index is -3.15. The maximum atomic E-state index is 12.1. The number of rotatable bonds is 9. The molecule has 0 N–H and O–H groups in total. The number of aryl methyl sites for hydroxylation is 2. The van der Waals surface area contributed by atoms with Gasteiger partial charge in [-0.05, 0) is 68.3 Å². The molecule has 1 aliphatic rings. The van der Waals surface area contributed by atoms with Gasteiger partial charge in [0.2, 0.25) is 10.0 Å². The smallest absolute Gasteiger partial charge is 0.213 e. The lowest BCUT2D eigenvalue weighted by molar-refractivity contribution is 0.179. The lowest BCUT2D eigenvalue weighted by atomic mass is 9.84. The standard InChI is InChI=1S/C20H34N2O2S/c1-5-13-22(14-6-2)19-11-10-17-8-7-9-18(20(17)16-19)12-15-25(23,24)21(3)4/h7-9,19H,5-6,10-16H2,1-4H3. The Morgan fingerprint density at radius 3 is 2.40 bits per heavy atom. The van der Waals surface area contributed by atoms with Crippen LogP contribution in [0.15, 0.2) is 18.2 Å². The first-order chi connectivity index (χ1) is 11.9. The Morgan fingerprint density at radius 2 is 1.80 bits per heavy atom. The van der Waals surface area contributed by atoms with Gasteiger partial charge in [-0.3, -0.25) is 0 Å². The van der Waals surface area contributed by atoms with Crippen molar-refractivity contribution in [2.24, 2.45) is 0 Å². The van der Waals surface area contributed by atoms with Crippen LogP contribution < -0.4 is 0 Å². The number of hydrogen-bond donors (Lipinski definition) is 0. The van der Waals surface area contributed by atoms with Crippen LogP contribution >= 0.6 is 0 Å². The molecule has 1 aromatic carbocycles. The predicted octanol–water partition coefficient (Wildman–Crippen LogP) is 3.10. The lowest BCUT2D eigenvalue weighted by Crippen LogP contribution is -2.40. The maximum absolute atomic E-state index is 12.1. The van der Waals surface area contributed by atoms with Gasteiger partial charge in [0, 0.05) is 20.1 Å². The Labute approximate surface area is 154 Å². The van der Waals surface area contributed by atoms with E-state index in [1.165, 1.54) is 40.3 Å². The zero-order chi connectivity index (χ0) is 18.4. The fourth-order valence-electron chi connectivity index (χ4n) is 3.86. The summed E-state index contributed by atoms with van der Waals surface area (Å²) in [5, 5.41) is 0. The minimum absolute atomic E-state index is 0.189. The van der Waals surface area contributed by atoms with Crippen LogP contribution in [-0.4, -0.2) is 56.6 Å². The van der Waals surface area contributed by atoms with Gasteiger partial charge in [-0.1, -0.05) is 32.0 Å². The van der Waals surface area contributed by atoms with Crippen molar-refractivity contribution in [2.75, 3.05) is 32.9 Å². The van der Waals surface area contributed by atoms with Crippen LogP contribution in [0.2, 0.25) is 0 Å². The Kier molecular flexibility index (Phi) is 7.47. The van der Waals surface area contributed by atoms with Crippen LogP contribution in [0, 0.1) is 0 Å². The molecule has 0 fully saturated rings. The topological polar surface area (TPSA) is 40.6 Å². The Morgan fingerprint density at radius 1 is 1.12 bits per heavy atom. The summed E-state index contributed by atoms with van der Waals surface area (Å²) in [6.07, 6.45) is 6.37. The molecule has 1 atom stereocenters. The summed E-state index contributed by atoms with van der Waals surface area (Å²) in [5.74, 6) is 0.189. The van der Waals surface area contributed by atoms with Gasteiger partial charge in [0.1, 0.15) is 0 Å². The van der Waals surface area contributed by atoms with Crippen LogP contribution in [-0.2, 0) is 29.3 Å². The number of sulfonamides is 1. The van der Waals surface area contributed by atoms with E-state index < -0.39 is 10.0 Å². The molecule has 0 saturated carbocycles. The molecule has 0 saturated heterocycles. The summed E-state index contributed by atoms with van der Waals surface area (Å²) in [6.45, 7) is 6.81. The maximum Gasteiger partial charge on any atom is 0.213 e. The van der Waals surface area contributed by atoms with Gasteiger partial charge in [0.05, 0.1) is 5.75 Å². The molecule has 1 unspecified atom stereocenters. The highest BCUT2D eigenvalue weighted by atomic mass is 32.2. The number of benzene rings is 1. The van der Waals surface area contributed by atoms with Crippen LogP contribution in [0.25, 0.3) is 0 Å². The summed E-state index contributed by atoms with van der Waals surface area (Å²) in [6, 6.07) is 7.03. The third-order valence-electron chi connectivity index (χ3n) is 5.28. The molecule has 0 amide bonds. The van der Waals surface area contributed by atoms with Gasteiger partial charge in [0.15, 0.2) is 0 Å². The highest BCUT2D eigenvalue weighted by Crippen LogP contribution is 2.28. The summed E-state index contributed by atoms with van der Waals surface area (Å²) < 4.78 is 25.6. The molecule has 0 heterocycles. The minimum Gasteiger partial charge on any atom is -0.300 e. The van der Waals surface area contributed by atoms with E-state index in [9.17, 15) is 8.42 Å². The van der Waals surface area contributed by atoms with Gasteiger partial charge in [-0.2, -0.15) is 0 Å². The van der Waals surface area contributed by atoms with E-state index in [-0.39, 0.29) is 5.75 Å². The summed E-state index contributed by atoms with van der Waals surface area (Å²) >= 11 is 0. The third kappa shape index (κ3) is 5.28. The largest absolute Gasteiger partial charge is 0.300 e. The molecular weight excluding hydrogens is 332 g/mol. The monoisotopic (exact) mass is 366 g/mol. The molecule has 2 rings (SSSR count). The van der Waals surface area contributed by atoms with Gasteiger partial charge in [-0.25, -0.2) is 12.7 Å². The first kappa shape index (κ1) is 20.4. The second-order valence-electron chi connectivity index (χ2n) is 7.34. The first-order valence-corrected chi connectivity index (χ1v) is 11.2. The highest BCUT2D eigenvalue weighted by Gasteiger charge is 2.25. The Hall–Kier alpha value is -0.910. The molecule has 25 heavy (non-hydrogen) atoms. The van der Waals surface area contributed by atoms with E-state index in [1.54, 1.807) is 14.1 Å². The van der Waals surface area contributed by atoms with E-state index in [2.05, 4.69) is 36.9 Å². The van der Waals surface area contributed by atoms with Crippen molar-refractivity contribution in [1.29, 1.82) is 0 Å². The van der Waals surface area contributed by atoms with Crippen LogP contribution in [0.5, 0.6) is 0 Å². The van der Waals surface area contributed by atoms with E-state index in [4.69, 9.17) is 0 Å². The number of nitrogens with zero attached hydrogens (tertiary/aromatic N) is 2. The normalized spacial score (nSPS) is 17.9. The van der Waals surface area contributed by atoms with Crippen LogP contribution in [0.1, 0.15) is 49.8 Å². The molecular formula is C20H34N2O2S. The highest BCUT2D eigenvalue weighted by molar-refractivity contribution is 7.89. The van der Waals surface area contributed by atoms with E-state index in [1.807, 2.05) is 0 Å². The van der Waals surface area contributed by atoms with Crippen molar-refractivity contribution in [3.63, 3.8) is 0 Å². The molecule has 142 valence electrons. The van der Waals surface area contributed by atoms with Crippen molar-refractivity contribution in [2.45, 2.75) is 58.4 Å². The zero-order valence-electron chi connectivity index (χ0n) is 16.3. The summed E-state index contributed by atoms with van der Waals surface area (Å²) in [5.41, 5.74) is 4.05. The second-order valence-corrected chi connectivity index (χ2v) is 9.64. The second kappa shape index (κ2) is 9.15. The average molecular weight is 367 g/mol. The van der Waals surface area contributed by atoms with Crippen LogP contribution in [0.3, 0.4) is 0 Å². The van der Waals surface area contributed by atoms with Gasteiger partial charge < -0.3 is 4.90 Å². The zero-order valence-corrected chi connectivity index (χ0v) is 17.1. The quantitative estimate of drug-likeness (QED) is 0.674. The predicted molar refractivity (Wildman–Crippen MR) is 106 cm³/mol. The van der Waals surface area contributed by atoms with Crippen molar-refractivity contribution < 1.29 is 8.42 Å². The number of hydrogen-bond acceptors (Lipinski definition) is 3. The molecule has 4 nitrogen and oxygen atoms in total. The van der Waals surface area contributed by atoms with Crippen molar-refractivity contribution in [3.05, 3.63) is 34.9 Å². The molecule has 0 aliphatic heterocycles. The Bertz CT molecular complexity index is 650. The van der Waals surface area contributed by atoms with E-state index in [0.717, 1.165) is 25.9 Å². The molecule has 0 aromatic heterocycles. The van der Waals surface area contributed by atoms with Gasteiger partial charge >= 0.3 is 0 Å². The first-order valence-electron chi connectivity index (χ1n) is 9.63. The van der Waals surface area contributed by atoms with Crippen molar-refractivity contribution >= 4 is 10.0 Å². The molecule has 1 aliphatic carbocycles. The third-order valence-corrected chi connectivity index (χ3v) is 7.11. The molecule has 0 spiro atoms. The SMILES string of the molecule is CCCN(CCC)C1CCc2cccc(CCS(=O)(=O)N(C)C)c2C1. The fourth-order valence-corrected chi connectivity index (χ4v) is 4.71. The van der Waals surface area contributed by atoms with Crippen LogP contribution in [0.4, 0.5) is 0 Å². The molecule has 5 heteroatoms. The van der Waals surface area contributed by atoms with E-state index in [0.29, 0.717) is 12.5 Å². The lowest BCUT2D eigenvalue weighted by Gasteiger charge is -2.36. The van der Waals surface area contributed by atoms with Crippen molar-refractivity contribution in [3.8, 4) is 0 Å². The molecule has 0 bridgehead atoms. The van der Waals surface area contributed by atoms with Gasteiger partial charge in [0.25, 0.3) is 0 Å². The fraction of sp³-hybridized carbons (Fsp3) is 0.700. The summed E-state index contributed by atoms with van der Waals surface area (Å²) in [4.78, 5) is 2.64. The molecule has 0 radical (unpaired) electrons. The van der Waals surface area contributed by atoms with Crippen molar-refractivity contribution in [1.82, 2.24) is 9.21 Å². The molecule has 1 aromatic rings. The summed E-state index contributed by atoms with van der Waals surface area (Å²) in [7, 11) is 0.0735. The van der Waals surface area contributed by atoms with Gasteiger partial charge in [-0.15, -0.1) is 0 Å². The number of fused-ring (bicyclic) bond motifs is 1. The average Bonchev–Trinajstić information content (AvgIpc) is 2.59. The van der Waals surface area contributed by atoms with E-state index >= 15 is 0 Å². The Balaban J connectivity index is 2.16.